The quantitative estimate of drug-likeness (QED) is 0.262. The Morgan fingerprint density at radius 1 is 1.15 bits per heavy atom. The Hall–Kier alpha value is -5.52. The van der Waals surface area contributed by atoms with E-state index in [1.807, 2.05) is 24.3 Å². The van der Waals surface area contributed by atoms with Gasteiger partial charge in [0, 0.05) is 32.4 Å². The lowest BCUT2D eigenvalue weighted by atomic mass is 10.0. The first-order valence-electron chi connectivity index (χ1n) is 13.0. The Bertz CT molecular complexity index is 1900. The molecular weight excluding hydrogens is 522 g/mol. The Balaban J connectivity index is 1.43. The van der Waals surface area contributed by atoms with Crippen LogP contribution < -0.4 is 21.9 Å². The number of amides is 1. The van der Waals surface area contributed by atoms with E-state index in [0.717, 1.165) is 0 Å². The van der Waals surface area contributed by atoms with Crippen LogP contribution in [0.2, 0.25) is 0 Å². The number of aryl methyl sites for hydroxylation is 1. The third kappa shape index (κ3) is 4.65. The number of nitrogens with two attached hydrogens (primary N) is 1. The number of hydrogen-bond acceptors (Lipinski definition) is 8. The second-order valence-electron chi connectivity index (χ2n) is 9.77. The van der Waals surface area contributed by atoms with Crippen LogP contribution in [0.3, 0.4) is 0 Å². The molecule has 4 N–H and O–H groups in total. The zero-order chi connectivity index (χ0) is 28.7. The van der Waals surface area contributed by atoms with Gasteiger partial charge >= 0.3 is 0 Å². The lowest BCUT2D eigenvalue weighted by Crippen LogP contribution is -2.34. The van der Waals surface area contributed by atoms with E-state index in [1.54, 1.807) is 61.4 Å². The molecule has 0 saturated heterocycles. The molecule has 206 valence electrons. The zero-order valence-corrected chi connectivity index (χ0v) is 22.4. The van der Waals surface area contributed by atoms with Gasteiger partial charge in [-0.1, -0.05) is 30.3 Å². The van der Waals surface area contributed by atoms with Gasteiger partial charge in [-0.15, -0.1) is 5.10 Å². The van der Waals surface area contributed by atoms with Gasteiger partial charge in [0.25, 0.3) is 11.5 Å². The molecule has 1 atom stereocenters. The highest BCUT2D eigenvalue weighted by Crippen LogP contribution is 2.26. The number of anilines is 2. The van der Waals surface area contributed by atoms with Crippen LogP contribution in [0.1, 0.15) is 45.1 Å². The fourth-order valence-corrected chi connectivity index (χ4v) is 5.02. The molecular formula is C29H27N9O3. The Kier molecular flexibility index (Phi) is 6.42. The second-order valence-corrected chi connectivity index (χ2v) is 9.77. The van der Waals surface area contributed by atoms with Gasteiger partial charge in [-0.3, -0.25) is 23.6 Å². The molecule has 3 aromatic heterocycles. The highest BCUT2D eigenvalue weighted by Gasteiger charge is 2.27. The molecule has 0 fully saturated rings. The number of hydrogen-bond donors (Lipinski definition) is 3. The first-order chi connectivity index (χ1) is 19.8. The molecule has 4 heterocycles. The van der Waals surface area contributed by atoms with Crippen molar-refractivity contribution in [3.8, 4) is 5.69 Å². The molecule has 0 radical (unpaired) electrons. The molecule has 1 amide bonds. The van der Waals surface area contributed by atoms with Gasteiger partial charge in [-0.2, -0.15) is 5.10 Å². The summed E-state index contributed by atoms with van der Waals surface area (Å²) in [6.45, 7) is 2.28. The summed E-state index contributed by atoms with van der Waals surface area (Å²) in [6.07, 6.45) is 6.75. The summed E-state index contributed by atoms with van der Waals surface area (Å²) in [4.78, 5) is 45.5. The van der Waals surface area contributed by atoms with Crippen LogP contribution in [0.25, 0.3) is 22.8 Å². The Labute approximate surface area is 234 Å². The minimum atomic E-state index is -0.699. The van der Waals surface area contributed by atoms with E-state index in [2.05, 4.69) is 20.8 Å². The predicted molar refractivity (Wildman–Crippen MR) is 155 cm³/mol. The molecule has 0 bridgehead atoms. The number of carbonyl (C=O) groups excluding carboxylic acids is 2. The number of para-hydroxylation sites is 1. The summed E-state index contributed by atoms with van der Waals surface area (Å²) < 4.78 is 4.55. The summed E-state index contributed by atoms with van der Waals surface area (Å²) in [7, 11) is 1.74. The third-order valence-electron chi connectivity index (χ3n) is 6.94. The van der Waals surface area contributed by atoms with Crippen molar-refractivity contribution in [2.75, 3.05) is 17.6 Å². The number of carbonyl (C=O) groups is 2. The van der Waals surface area contributed by atoms with Gasteiger partial charge in [0.05, 0.1) is 34.4 Å². The fraction of sp³-hybridized carbons (Fsp3) is 0.172. The Morgan fingerprint density at radius 3 is 2.71 bits per heavy atom. The molecule has 41 heavy (non-hydrogen) atoms. The van der Waals surface area contributed by atoms with Gasteiger partial charge in [-0.05, 0) is 36.8 Å². The smallest absolute Gasteiger partial charge is 0.266 e. The summed E-state index contributed by atoms with van der Waals surface area (Å²) in [5.74, 6) is 0.281. The van der Waals surface area contributed by atoms with Crippen LogP contribution in [0, 0.1) is 0 Å². The normalized spacial score (nSPS) is 13.0. The van der Waals surface area contributed by atoms with Gasteiger partial charge < -0.3 is 16.4 Å². The topological polar surface area (TPSA) is 155 Å². The average Bonchev–Trinajstić information content (AvgIpc) is 3.55. The number of Topliss-reactive ketones (excluding diaryl/α,β-unsaturated/α-hetero) is 1. The van der Waals surface area contributed by atoms with E-state index in [9.17, 15) is 14.4 Å². The van der Waals surface area contributed by atoms with Crippen LogP contribution in [0.15, 0.2) is 71.8 Å². The van der Waals surface area contributed by atoms with Crippen molar-refractivity contribution in [2.45, 2.75) is 19.4 Å². The van der Waals surface area contributed by atoms with Crippen molar-refractivity contribution in [1.29, 1.82) is 0 Å². The first-order valence-corrected chi connectivity index (χ1v) is 13.0. The van der Waals surface area contributed by atoms with E-state index in [4.69, 9.17) is 10.7 Å². The summed E-state index contributed by atoms with van der Waals surface area (Å²) in [5, 5.41) is 14.7. The van der Waals surface area contributed by atoms with Gasteiger partial charge in [0.1, 0.15) is 17.2 Å². The van der Waals surface area contributed by atoms with Crippen molar-refractivity contribution < 1.29 is 9.59 Å². The summed E-state index contributed by atoms with van der Waals surface area (Å²) >= 11 is 0. The number of rotatable bonds is 7. The number of fused-ring (bicyclic) bond motifs is 2. The van der Waals surface area contributed by atoms with Crippen molar-refractivity contribution in [3.05, 3.63) is 99.9 Å². The van der Waals surface area contributed by atoms with E-state index >= 15 is 0 Å². The maximum atomic E-state index is 14.2. The minimum absolute atomic E-state index is 0.00781. The lowest BCUT2D eigenvalue weighted by Gasteiger charge is -2.21. The average molecular weight is 550 g/mol. The van der Waals surface area contributed by atoms with Crippen molar-refractivity contribution >= 4 is 40.4 Å². The molecule has 2 aromatic carbocycles. The molecule has 0 saturated carbocycles. The maximum Gasteiger partial charge on any atom is 0.266 e. The minimum Gasteiger partial charge on any atom is -0.381 e. The van der Waals surface area contributed by atoms with E-state index in [1.165, 1.54) is 15.4 Å². The number of benzene rings is 2. The molecule has 12 heteroatoms. The molecule has 1 aliphatic heterocycles. The molecule has 1 aliphatic rings. The summed E-state index contributed by atoms with van der Waals surface area (Å²) in [6, 6.07) is 13.6. The Morgan fingerprint density at radius 2 is 1.95 bits per heavy atom. The third-order valence-corrected chi connectivity index (χ3v) is 6.94. The number of ketones is 1. The van der Waals surface area contributed by atoms with Crippen LogP contribution in [-0.2, 0) is 13.5 Å². The van der Waals surface area contributed by atoms with E-state index in [0.29, 0.717) is 45.9 Å². The standard InChI is InChI=1S/C29H27N9O3/c1-17(33-28(40)24-25(30)35-37-13-7-12-31-27(24)37)26-34-21-11-6-8-18(14-22(39)19-15-32-36(2)16-19)23(21)29(41)38(26)20-9-4-3-5-10-20/h3-11,13,15-17,31H,12,14H2,1-2H3,(H2,30,35)(H,33,40). The van der Waals surface area contributed by atoms with E-state index in [-0.39, 0.29) is 29.1 Å². The van der Waals surface area contributed by atoms with Crippen molar-refractivity contribution in [2.24, 2.45) is 7.05 Å². The number of nitrogen functional groups attached to an aromatic ring is 1. The lowest BCUT2D eigenvalue weighted by molar-refractivity contribution is 0.0938. The van der Waals surface area contributed by atoms with Gasteiger partial charge in [-0.25, -0.2) is 9.67 Å². The number of nitrogens with one attached hydrogen (secondary N) is 2. The zero-order valence-electron chi connectivity index (χ0n) is 22.4. The molecule has 12 nitrogen and oxygen atoms in total. The largest absolute Gasteiger partial charge is 0.381 e. The van der Waals surface area contributed by atoms with Crippen molar-refractivity contribution in [1.82, 2.24) is 34.4 Å². The van der Waals surface area contributed by atoms with Crippen LogP contribution >= 0.6 is 0 Å². The van der Waals surface area contributed by atoms with Gasteiger partial charge in [0.15, 0.2) is 11.6 Å². The second kappa shape index (κ2) is 10.2. The van der Waals surface area contributed by atoms with Gasteiger partial charge in [0.2, 0.25) is 0 Å². The molecule has 0 aliphatic carbocycles. The first kappa shape index (κ1) is 25.7. The van der Waals surface area contributed by atoms with Crippen molar-refractivity contribution in [3.63, 3.8) is 0 Å². The molecule has 6 rings (SSSR count). The monoisotopic (exact) mass is 549 g/mol. The summed E-state index contributed by atoms with van der Waals surface area (Å²) in [5.41, 5.74) is 7.96. The number of nitrogens with zero attached hydrogens (tertiary/aromatic N) is 6. The van der Waals surface area contributed by atoms with Crippen LogP contribution in [-0.4, -0.2) is 47.3 Å². The maximum absolute atomic E-state index is 14.2. The predicted octanol–water partition coefficient (Wildman–Crippen LogP) is 2.71. The molecule has 1 unspecified atom stereocenters. The number of aromatic nitrogens is 6. The SMILES string of the molecule is CC(NC(=O)c1c(N)nn2c1NCC=C2)c1nc2cccc(CC(=O)c3cnn(C)c3)c2c(=O)n1-c1ccccc1. The van der Waals surface area contributed by atoms with E-state index < -0.39 is 11.9 Å². The van der Waals surface area contributed by atoms with Crippen LogP contribution in [0.4, 0.5) is 11.6 Å². The fourth-order valence-electron chi connectivity index (χ4n) is 5.02. The van der Waals surface area contributed by atoms with Crippen LogP contribution in [0.5, 0.6) is 0 Å². The highest BCUT2D eigenvalue weighted by molar-refractivity contribution is 6.04. The molecule has 5 aromatic rings. The molecule has 0 spiro atoms. The highest BCUT2D eigenvalue weighted by atomic mass is 16.2.